The van der Waals surface area contributed by atoms with Gasteiger partial charge in [-0.2, -0.15) is 14.3 Å². The van der Waals surface area contributed by atoms with Gasteiger partial charge >= 0.3 is 0 Å². The minimum atomic E-state index is -3.51. The van der Waals surface area contributed by atoms with E-state index >= 15 is 0 Å². The Morgan fingerprint density at radius 1 is 0.431 bits per heavy atom. The summed E-state index contributed by atoms with van der Waals surface area (Å²) in [6.45, 7) is 11.9. The Hall–Kier alpha value is -11.9. The van der Waals surface area contributed by atoms with Gasteiger partial charge in [0.2, 0.25) is 21.7 Å². The van der Waals surface area contributed by atoms with E-state index in [0.29, 0.717) is 36.1 Å². The van der Waals surface area contributed by atoms with Gasteiger partial charge in [-0.15, -0.1) is 25.5 Å². The predicted molar refractivity (Wildman–Crippen MR) is 442 cm³/mol. The Bertz CT molecular complexity index is 5560. The van der Waals surface area contributed by atoms with Gasteiger partial charge in [0, 0.05) is 88.2 Å². The van der Waals surface area contributed by atoms with Gasteiger partial charge in [-0.3, -0.25) is 0 Å². The maximum Gasteiger partial charge on any atom is 0.243 e. The number of nitrogens with zero attached hydrogens (tertiary/aromatic N) is 12. The highest BCUT2D eigenvalue weighted by atomic mass is 32.2. The number of hydrogen-bond acceptors (Lipinski definition) is 23. The second kappa shape index (κ2) is 33.5. The summed E-state index contributed by atoms with van der Waals surface area (Å²) in [6.07, 6.45) is 16.3. The number of fused-ring (bicyclic) bond motifs is 4. The van der Waals surface area contributed by atoms with Crippen LogP contribution in [0.4, 0.5) is 0 Å². The number of aromatic nitrogens is 12. The smallest absolute Gasteiger partial charge is 0.243 e. The van der Waals surface area contributed by atoms with Gasteiger partial charge in [0.25, 0.3) is 0 Å². The van der Waals surface area contributed by atoms with E-state index in [1.165, 1.54) is 9.10 Å². The zero-order valence-electron chi connectivity index (χ0n) is 66.1. The van der Waals surface area contributed by atoms with Crippen molar-refractivity contribution in [2.24, 2.45) is 14.1 Å². The van der Waals surface area contributed by atoms with Gasteiger partial charge in [0.1, 0.15) is 68.4 Å². The van der Waals surface area contributed by atoms with Crippen LogP contribution >= 0.6 is 0 Å². The number of aromatic amines is 1. The van der Waals surface area contributed by atoms with E-state index in [9.17, 15) is 13.5 Å². The summed E-state index contributed by atoms with van der Waals surface area (Å²) in [5.41, 5.74) is 13.7. The van der Waals surface area contributed by atoms with Crippen molar-refractivity contribution in [2.45, 2.75) is 92.5 Å². The van der Waals surface area contributed by atoms with Gasteiger partial charge in [-0.05, 0) is 203 Å². The second-order valence-electron chi connectivity index (χ2n) is 29.9. The first-order valence-electron chi connectivity index (χ1n) is 39.5. The number of tetrazole rings is 3. The first-order chi connectivity index (χ1) is 56.5. The first kappa shape index (κ1) is 78.0. The second-order valence-corrected chi connectivity index (χ2v) is 31.8. The molecule has 4 saturated heterocycles. The number of benzene rings is 8. The van der Waals surface area contributed by atoms with E-state index in [1.807, 2.05) is 118 Å². The van der Waals surface area contributed by atoms with E-state index in [1.54, 1.807) is 57.3 Å². The SMILES string of the molecule is CCN(CC)S(=O)(=O)c1ccc(C2=CC3(CCNCC3)Oc3cccc(O)c32)cc1.COc1cccc2c1C(c1ccc(-c3nn[nH]n3)cc1)=CC1(CCNCC1)O2.COc1cccc2c1C(c1ccc(-c3nnn(C)n3)cc1)=CC1(CCNCC1)O2.COc1cccc2c1C(c1ccc(-c3nnnn3C)cc1)=CC1(CCNCC1)O2. The monoisotopic (exact) mass is 1580 g/mol. The van der Waals surface area contributed by atoms with Gasteiger partial charge in [-0.1, -0.05) is 123 Å². The maximum absolute atomic E-state index is 12.8. The molecule has 0 bridgehead atoms. The lowest BCUT2D eigenvalue weighted by Gasteiger charge is -2.40. The lowest BCUT2D eigenvalue weighted by atomic mass is 9.83. The Labute approximate surface area is 674 Å². The molecule has 11 heterocycles. The van der Waals surface area contributed by atoms with Crippen LogP contribution in [0.3, 0.4) is 0 Å². The number of aromatic hydroxyl groups is 1. The molecular weight excluding hydrogens is 1490 g/mol. The molecule has 8 aliphatic rings. The molecule has 598 valence electrons. The number of phenols is 1. The predicted octanol–water partition coefficient (Wildman–Crippen LogP) is 11.9. The van der Waals surface area contributed by atoms with Crippen LogP contribution in [0.2, 0.25) is 0 Å². The third kappa shape index (κ3) is 15.9. The highest BCUT2D eigenvalue weighted by Gasteiger charge is 2.43. The van der Waals surface area contributed by atoms with E-state index < -0.39 is 15.6 Å². The quantitative estimate of drug-likeness (QED) is 0.0589. The van der Waals surface area contributed by atoms with Crippen LogP contribution in [0.25, 0.3) is 56.5 Å². The molecule has 4 fully saturated rings. The normalized spacial score (nSPS) is 17.6. The number of H-pyrrole nitrogens is 1. The Kier molecular flexibility index (Phi) is 22.5. The summed E-state index contributed by atoms with van der Waals surface area (Å²) in [7, 11) is 5.19. The average molecular weight is 1580 g/mol. The van der Waals surface area contributed by atoms with Crippen molar-refractivity contribution in [1.82, 2.24) is 86.6 Å². The van der Waals surface area contributed by atoms with E-state index in [4.69, 9.17) is 33.2 Å². The topological polar surface area (TPSA) is 312 Å². The van der Waals surface area contributed by atoms with Gasteiger partial charge < -0.3 is 59.5 Å². The number of hydrogen-bond donors (Lipinski definition) is 6. The summed E-state index contributed by atoms with van der Waals surface area (Å²) < 4.78 is 71.7. The average Bonchev–Trinajstić information content (AvgIpc) is 1.36. The van der Waals surface area contributed by atoms with Crippen LogP contribution in [0, 0.1) is 0 Å². The molecule has 116 heavy (non-hydrogen) atoms. The minimum Gasteiger partial charge on any atom is -0.507 e. The molecular formula is C88H95N17O10S. The van der Waals surface area contributed by atoms with Crippen molar-refractivity contribution < 1.29 is 46.7 Å². The molecule has 8 aliphatic heterocycles. The minimum absolute atomic E-state index is 0.155. The van der Waals surface area contributed by atoms with E-state index in [2.05, 4.69) is 146 Å². The van der Waals surface area contributed by atoms with Crippen LogP contribution in [0.15, 0.2) is 199 Å². The van der Waals surface area contributed by atoms with Crippen LogP contribution in [-0.4, -0.2) is 188 Å². The molecule has 3 aromatic heterocycles. The van der Waals surface area contributed by atoms with Crippen molar-refractivity contribution >= 4 is 32.3 Å². The third-order valence-electron chi connectivity index (χ3n) is 22.7. The maximum atomic E-state index is 12.8. The fourth-order valence-electron chi connectivity index (χ4n) is 16.7. The summed E-state index contributed by atoms with van der Waals surface area (Å²) in [5, 5.41) is 62.5. The number of phenolic OH excluding ortho intramolecular Hbond substituents is 1. The molecule has 0 radical (unpaired) electrons. The van der Waals surface area contributed by atoms with Gasteiger partial charge in [0.05, 0.1) is 55.5 Å². The first-order valence-corrected chi connectivity index (χ1v) is 41.0. The van der Waals surface area contributed by atoms with E-state index in [0.717, 1.165) is 222 Å². The molecule has 28 heteroatoms. The zero-order chi connectivity index (χ0) is 80.0. The lowest BCUT2D eigenvalue weighted by molar-refractivity contribution is 0.0810. The van der Waals surface area contributed by atoms with E-state index in [-0.39, 0.29) is 27.4 Å². The van der Waals surface area contributed by atoms with Crippen molar-refractivity contribution in [3.63, 3.8) is 0 Å². The number of rotatable bonds is 14. The Morgan fingerprint density at radius 2 is 0.784 bits per heavy atom. The number of sulfonamides is 1. The molecule has 4 spiro atoms. The lowest BCUT2D eigenvalue weighted by Crippen LogP contribution is -2.46. The molecule has 8 aromatic carbocycles. The molecule has 0 unspecified atom stereocenters. The molecule has 6 N–H and O–H groups in total. The number of aryl methyl sites for hydroxylation is 2. The zero-order valence-corrected chi connectivity index (χ0v) is 66.9. The molecule has 19 rings (SSSR count). The Morgan fingerprint density at radius 3 is 1.13 bits per heavy atom. The van der Waals surface area contributed by atoms with Gasteiger partial charge in [-0.25, -0.2) is 13.1 Å². The molecule has 0 atom stereocenters. The van der Waals surface area contributed by atoms with Crippen LogP contribution in [0.1, 0.15) is 110 Å². The number of ether oxygens (including phenoxy) is 7. The van der Waals surface area contributed by atoms with Crippen molar-refractivity contribution in [3.05, 3.63) is 239 Å². The van der Waals surface area contributed by atoms with Crippen molar-refractivity contribution in [2.75, 3.05) is 86.8 Å². The van der Waals surface area contributed by atoms with Crippen LogP contribution < -0.4 is 54.4 Å². The summed E-state index contributed by atoms with van der Waals surface area (Å²) >= 11 is 0. The van der Waals surface area contributed by atoms with Crippen molar-refractivity contribution in [3.8, 4) is 80.2 Å². The number of nitrogens with one attached hydrogen (secondary N) is 5. The molecule has 0 saturated carbocycles. The molecule has 0 aliphatic carbocycles. The highest BCUT2D eigenvalue weighted by molar-refractivity contribution is 7.89. The number of methoxy groups -OCH3 is 3. The summed E-state index contributed by atoms with van der Waals surface area (Å²) in [5.74, 6) is 7.84. The summed E-state index contributed by atoms with van der Waals surface area (Å²) in [4.78, 5) is 1.74. The standard InChI is InChI=1S/C23H28N2O4S.2C22H23N5O2.C21H21N5O2/c1-3-25(4-2)30(27,28)18-10-8-17(9-11-18)19-16-23(12-14-24-15-13-23)29-21-7-5-6-20(26)22(19)21;1-27-21(24-25-26-27)16-8-6-15(7-9-16)17-14-22(10-12-23-13-11-22)29-19-5-3-4-18(28-2)20(17)19;1-27-25-21(24-26-27)16-8-6-15(7-9-16)17-14-22(10-12-23-13-11-22)29-19-5-3-4-18(28-2)20(17)19;1-27-17-3-2-4-18-19(17)16(13-21(28-18)9-11-22-12-10-21)14-5-7-15(8-6-14)20-23-25-26-24-20/h5-11,16,24,26H,3-4,12-15H2,1-2H3;2*3-9,14,23H,10-13H2,1-2H3;2-8,13,22H,9-12H2,1H3,(H,23,24,25,26). The van der Waals surface area contributed by atoms with Crippen LogP contribution in [-0.2, 0) is 24.1 Å². The van der Waals surface area contributed by atoms with Crippen LogP contribution in [0.5, 0.6) is 46.0 Å². The molecule has 0 amide bonds. The largest absolute Gasteiger partial charge is 0.507 e. The number of piperidine rings is 4. The third-order valence-corrected chi connectivity index (χ3v) is 24.8. The summed E-state index contributed by atoms with van der Waals surface area (Å²) in [6, 6.07) is 55.1. The fraction of sp³-hybridized carbons (Fsp3) is 0.330. The Balaban J connectivity index is 0.000000116. The molecule has 11 aromatic rings. The van der Waals surface area contributed by atoms with Gasteiger partial charge in [0.15, 0.2) is 5.82 Å². The highest BCUT2D eigenvalue weighted by Crippen LogP contribution is 2.52. The molecule has 27 nitrogen and oxygen atoms in total. The fourth-order valence-corrected chi connectivity index (χ4v) is 18.1. The van der Waals surface area contributed by atoms with Crippen molar-refractivity contribution in [1.29, 1.82) is 0 Å².